The number of nitrogens with zero attached hydrogens (tertiary/aromatic N) is 2. The molecular formula is C28H35N3O2. The zero-order valence-electron chi connectivity index (χ0n) is 19.8. The van der Waals surface area contributed by atoms with E-state index >= 15 is 0 Å². The summed E-state index contributed by atoms with van der Waals surface area (Å²) in [5, 5.41) is 4.20. The molecule has 3 aromatic rings. The summed E-state index contributed by atoms with van der Waals surface area (Å²) in [6, 6.07) is 17.1. The van der Waals surface area contributed by atoms with Crippen LogP contribution in [-0.4, -0.2) is 49.6 Å². The van der Waals surface area contributed by atoms with Gasteiger partial charge >= 0.3 is 0 Å². The number of amides is 1. The van der Waals surface area contributed by atoms with Gasteiger partial charge in [0.1, 0.15) is 5.58 Å². The monoisotopic (exact) mass is 445 g/mol. The predicted octanol–water partition coefficient (Wildman–Crippen LogP) is 5.55. The Bertz CT molecular complexity index is 1090. The minimum atomic E-state index is -0.0946. The van der Waals surface area contributed by atoms with E-state index in [0.29, 0.717) is 11.7 Å². The predicted molar refractivity (Wildman–Crippen MR) is 135 cm³/mol. The van der Waals surface area contributed by atoms with E-state index < -0.39 is 0 Å². The van der Waals surface area contributed by atoms with Gasteiger partial charge in [0.15, 0.2) is 5.76 Å². The van der Waals surface area contributed by atoms with Gasteiger partial charge in [-0.05, 0) is 80.1 Å². The van der Waals surface area contributed by atoms with Crippen LogP contribution in [0.25, 0.3) is 22.1 Å². The van der Waals surface area contributed by atoms with E-state index in [-0.39, 0.29) is 11.9 Å². The molecule has 6 rings (SSSR count). The van der Waals surface area contributed by atoms with Crippen LogP contribution in [0.3, 0.4) is 0 Å². The molecule has 2 aromatic carbocycles. The average molecular weight is 446 g/mol. The van der Waals surface area contributed by atoms with Gasteiger partial charge < -0.3 is 19.5 Å². The fourth-order valence-electron chi connectivity index (χ4n) is 5.47. The molecule has 3 aliphatic heterocycles. The van der Waals surface area contributed by atoms with E-state index in [0.717, 1.165) is 54.6 Å². The highest BCUT2D eigenvalue weighted by molar-refractivity contribution is 5.97. The van der Waals surface area contributed by atoms with Crippen molar-refractivity contribution in [1.82, 2.24) is 10.2 Å². The summed E-state index contributed by atoms with van der Waals surface area (Å²) >= 11 is 0. The first-order valence-electron chi connectivity index (χ1n) is 12.6. The smallest absolute Gasteiger partial charge is 0.287 e. The minimum absolute atomic E-state index is 0.0946. The van der Waals surface area contributed by atoms with Gasteiger partial charge in [-0.3, -0.25) is 4.79 Å². The molecule has 0 aliphatic carbocycles. The van der Waals surface area contributed by atoms with Gasteiger partial charge in [0.25, 0.3) is 5.91 Å². The fourth-order valence-corrected chi connectivity index (χ4v) is 5.47. The second kappa shape index (κ2) is 9.60. The normalized spacial score (nSPS) is 21.9. The third-order valence-electron chi connectivity index (χ3n) is 7.27. The summed E-state index contributed by atoms with van der Waals surface area (Å²) in [6.07, 6.45) is 4.66. The first-order chi connectivity index (χ1) is 16.1. The molecule has 1 unspecified atom stereocenters. The number of rotatable bonds is 8. The van der Waals surface area contributed by atoms with Crippen molar-refractivity contribution in [2.24, 2.45) is 5.92 Å². The molecule has 4 heterocycles. The Morgan fingerprint density at radius 1 is 1.00 bits per heavy atom. The van der Waals surface area contributed by atoms with Gasteiger partial charge in [0, 0.05) is 36.7 Å². The second-order valence-corrected chi connectivity index (χ2v) is 9.62. The molecule has 174 valence electrons. The van der Waals surface area contributed by atoms with Crippen LogP contribution < -0.4 is 10.2 Å². The van der Waals surface area contributed by atoms with E-state index in [2.05, 4.69) is 59.3 Å². The zero-order valence-corrected chi connectivity index (χ0v) is 19.8. The van der Waals surface area contributed by atoms with Crippen LogP contribution in [0.5, 0.6) is 0 Å². The summed E-state index contributed by atoms with van der Waals surface area (Å²) in [5.41, 5.74) is 4.29. The molecule has 0 radical (unpaired) electrons. The molecule has 1 N–H and O–H groups in total. The quantitative estimate of drug-likeness (QED) is 0.494. The highest BCUT2D eigenvalue weighted by Crippen LogP contribution is 2.30. The Hall–Kier alpha value is -2.79. The lowest BCUT2D eigenvalue weighted by atomic mass is 9.84. The molecule has 3 saturated heterocycles. The van der Waals surface area contributed by atoms with Crippen molar-refractivity contribution in [3.05, 3.63) is 54.3 Å². The van der Waals surface area contributed by atoms with E-state index in [1.807, 2.05) is 18.2 Å². The average Bonchev–Trinajstić information content (AvgIpc) is 3.29. The van der Waals surface area contributed by atoms with Crippen LogP contribution >= 0.6 is 0 Å². The molecule has 5 nitrogen and oxygen atoms in total. The van der Waals surface area contributed by atoms with E-state index in [4.69, 9.17) is 4.42 Å². The van der Waals surface area contributed by atoms with Crippen molar-refractivity contribution >= 4 is 22.6 Å². The molecule has 2 bridgehead atoms. The standard InChI is InChI=1S/C28H35N3O2/c1-3-13-31(14-4-2)24-9-7-20(8-10-24)22-5-6-23-18-27(33-26(23)17-22)28(32)29-25-19-30-15-11-21(25)12-16-30/h5-10,17-18,21,25H,3-4,11-16,19H2,1-2H3,(H,29,32). The molecule has 1 amide bonds. The van der Waals surface area contributed by atoms with E-state index in [9.17, 15) is 4.79 Å². The number of carbonyl (C=O) groups excluding carboxylic acids is 1. The minimum Gasteiger partial charge on any atom is -0.451 e. The fraction of sp³-hybridized carbons (Fsp3) is 0.464. The largest absolute Gasteiger partial charge is 0.451 e. The van der Waals surface area contributed by atoms with E-state index in [1.54, 1.807) is 0 Å². The lowest BCUT2D eigenvalue weighted by Crippen LogP contribution is -2.57. The van der Waals surface area contributed by atoms with Crippen LogP contribution in [0.1, 0.15) is 50.1 Å². The van der Waals surface area contributed by atoms with Crippen LogP contribution in [0.15, 0.2) is 52.9 Å². The number of furan rings is 1. The summed E-state index contributed by atoms with van der Waals surface area (Å²) in [4.78, 5) is 17.8. The number of anilines is 1. The molecule has 1 atom stereocenters. The van der Waals surface area contributed by atoms with Gasteiger partial charge in [-0.2, -0.15) is 0 Å². The second-order valence-electron chi connectivity index (χ2n) is 9.62. The van der Waals surface area contributed by atoms with Crippen LogP contribution in [0.4, 0.5) is 5.69 Å². The van der Waals surface area contributed by atoms with Crippen molar-refractivity contribution in [3.8, 4) is 11.1 Å². The number of nitrogens with one attached hydrogen (secondary N) is 1. The van der Waals surface area contributed by atoms with Gasteiger partial charge in [0.05, 0.1) is 0 Å². The molecule has 1 aromatic heterocycles. The summed E-state index contributed by atoms with van der Waals surface area (Å²) in [7, 11) is 0. The van der Waals surface area contributed by atoms with Gasteiger partial charge in [0.2, 0.25) is 0 Å². The first-order valence-corrected chi connectivity index (χ1v) is 12.6. The maximum Gasteiger partial charge on any atom is 0.287 e. The van der Waals surface area contributed by atoms with Crippen molar-refractivity contribution in [3.63, 3.8) is 0 Å². The third kappa shape index (κ3) is 4.65. The van der Waals surface area contributed by atoms with E-state index in [1.165, 1.54) is 31.6 Å². The number of hydrogen-bond donors (Lipinski definition) is 1. The molecule has 0 saturated carbocycles. The third-order valence-corrected chi connectivity index (χ3v) is 7.27. The Morgan fingerprint density at radius 3 is 2.33 bits per heavy atom. The van der Waals surface area contributed by atoms with Crippen LogP contribution in [0.2, 0.25) is 0 Å². The summed E-state index contributed by atoms with van der Waals surface area (Å²) in [5.74, 6) is 0.912. The maximum absolute atomic E-state index is 12.9. The number of benzene rings is 2. The number of carbonyl (C=O) groups is 1. The number of fused-ring (bicyclic) bond motifs is 4. The lowest BCUT2D eigenvalue weighted by Gasteiger charge is -2.44. The topological polar surface area (TPSA) is 48.7 Å². The summed E-state index contributed by atoms with van der Waals surface area (Å²) in [6.45, 7) is 9.90. The van der Waals surface area contributed by atoms with Gasteiger partial charge in [-0.25, -0.2) is 0 Å². The highest BCUT2D eigenvalue weighted by Gasteiger charge is 2.35. The molecule has 0 spiro atoms. The van der Waals surface area contributed by atoms with Crippen molar-refractivity contribution < 1.29 is 9.21 Å². The molecule has 3 fully saturated rings. The maximum atomic E-state index is 12.9. The Labute approximate surface area is 196 Å². The van der Waals surface area contributed by atoms with Crippen molar-refractivity contribution in [2.45, 2.75) is 45.6 Å². The number of hydrogen-bond acceptors (Lipinski definition) is 4. The molecule has 33 heavy (non-hydrogen) atoms. The van der Waals surface area contributed by atoms with Crippen molar-refractivity contribution in [1.29, 1.82) is 0 Å². The van der Waals surface area contributed by atoms with Crippen LogP contribution in [0, 0.1) is 5.92 Å². The SMILES string of the molecule is CCCN(CCC)c1ccc(-c2ccc3cc(C(=O)NC4CN5CCC4CC5)oc3c2)cc1. The Kier molecular flexibility index (Phi) is 6.41. The molecule has 5 heteroatoms. The number of piperidine rings is 3. The lowest BCUT2D eigenvalue weighted by molar-refractivity contribution is 0.0607. The molecule has 3 aliphatic rings. The molecular weight excluding hydrogens is 410 g/mol. The van der Waals surface area contributed by atoms with Gasteiger partial charge in [-0.1, -0.05) is 38.1 Å². The van der Waals surface area contributed by atoms with Gasteiger partial charge in [-0.15, -0.1) is 0 Å². The highest BCUT2D eigenvalue weighted by atomic mass is 16.3. The Balaban J connectivity index is 1.31. The summed E-state index contributed by atoms with van der Waals surface area (Å²) < 4.78 is 6.01. The Morgan fingerprint density at radius 2 is 1.70 bits per heavy atom. The first kappa shape index (κ1) is 22.0. The van der Waals surface area contributed by atoms with Crippen LogP contribution in [-0.2, 0) is 0 Å². The zero-order chi connectivity index (χ0) is 22.8. The van der Waals surface area contributed by atoms with Crippen molar-refractivity contribution in [2.75, 3.05) is 37.6 Å².